The van der Waals surface area contributed by atoms with Crippen molar-refractivity contribution in [3.05, 3.63) is 28.0 Å². The highest BCUT2D eigenvalue weighted by atomic mass is 79.9. The third-order valence-electron chi connectivity index (χ3n) is 1.63. The molecule has 0 spiro atoms. The highest BCUT2D eigenvalue weighted by Gasteiger charge is 2.33. The smallest absolute Gasteiger partial charge is 0.386 e. The fraction of sp³-hybridized carbons (Fsp3) is 0.250. The SMILES string of the molecule is CNc1cc(C(F)(F)F)c(Br)cc1F. The molecule has 0 bridgehead atoms. The van der Waals surface area contributed by atoms with Crippen LogP contribution in [0.3, 0.4) is 0 Å². The van der Waals surface area contributed by atoms with Gasteiger partial charge in [-0.2, -0.15) is 13.2 Å². The van der Waals surface area contributed by atoms with E-state index in [0.29, 0.717) is 0 Å². The monoisotopic (exact) mass is 271 g/mol. The summed E-state index contributed by atoms with van der Waals surface area (Å²) in [4.78, 5) is 0. The Kier molecular flexibility index (Phi) is 3.04. The topological polar surface area (TPSA) is 12.0 Å². The molecule has 1 aromatic carbocycles. The number of halogens is 5. The number of rotatable bonds is 1. The van der Waals surface area contributed by atoms with E-state index in [0.717, 1.165) is 12.1 Å². The van der Waals surface area contributed by atoms with E-state index in [9.17, 15) is 17.6 Å². The highest BCUT2D eigenvalue weighted by Crippen LogP contribution is 2.37. The molecule has 0 heterocycles. The molecule has 0 unspecified atom stereocenters. The Morgan fingerprint density at radius 3 is 2.29 bits per heavy atom. The van der Waals surface area contributed by atoms with Gasteiger partial charge >= 0.3 is 6.18 Å². The first-order chi connectivity index (χ1) is 6.36. The first kappa shape index (κ1) is 11.3. The average molecular weight is 272 g/mol. The normalized spacial score (nSPS) is 11.6. The van der Waals surface area contributed by atoms with Crippen molar-refractivity contribution in [1.82, 2.24) is 0 Å². The molecule has 1 rings (SSSR count). The van der Waals surface area contributed by atoms with Crippen molar-refractivity contribution in [2.24, 2.45) is 0 Å². The standard InChI is InChI=1S/C8H6BrF4N/c1-14-7-2-4(8(11,12)13)5(9)3-6(7)10/h2-3,14H,1H3. The molecule has 0 saturated carbocycles. The number of nitrogens with one attached hydrogen (secondary N) is 1. The summed E-state index contributed by atoms with van der Waals surface area (Å²) in [7, 11) is 1.35. The summed E-state index contributed by atoms with van der Waals surface area (Å²) in [6.07, 6.45) is -4.49. The minimum atomic E-state index is -4.49. The lowest BCUT2D eigenvalue weighted by atomic mass is 10.2. The Hall–Kier alpha value is -0.780. The second kappa shape index (κ2) is 3.76. The van der Waals surface area contributed by atoms with E-state index in [1.807, 2.05) is 0 Å². The van der Waals surface area contributed by atoms with Crippen molar-refractivity contribution in [1.29, 1.82) is 0 Å². The molecule has 1 nitrogen and oxygen atoms in total. The molecule has 6 heteroatoms. The molecule has 0 aliphatic carbocycles. The van der Waals surface area contributed by atoms with Gasteiger partial charge in [0.1, 0.15) is 5.82 Å². The summed E-state index contributed by atoms with van der Waals surface area (Å²) in [5.41, 5.74) is -1.08. The van der Waals surface area contributed by atoms with Crippen molar-refractivity contribution in [3.63, 3.8) is 0 Å². The number of alkyl halides is 3. The summed E-state index contributed by atoms with van der Waals surface area (Å²) in [6.45, 7) is 0. The van der Waals surface area contributed by atoms with Gasteiger partial charge in [0.25, 0.3) is 0 Å². The van der Waals surface area contributed by atoms with Gasteiger partial charge in [-0.05, 0) is 12.1 Å². The lowest BCUT2D eigenvalue weighted by Gasteiger charge is -2.11. The van der Waals surface area contributed by atoms with Crippen molar-refractivity contribution < 1.29 is 17.6 Å². The third kappa shape index (κ3) is 2.17. The molecule has 0 radical (unpaired) electrons. The molecule has 14 heavy (non-hydrogen) atoms. The van der Waals surface area contributed by atoms with Gasteiger partial charge in [0.2, 0.25) is 0 Å². The van der Waals surface area contributed by atoms with E-state index in [4.69, 9.17) is 0 Å². The Morgan fingerprint density at radius 2 is 1.86 bits per heavy atom. The zero-order chi connectivity index (χ0) is 10.9. The van der Waals surface area contributed by atoms with Gasteiger partial charge in [-0.3, -0.25) is 0 Å². The molecule has 0 amide bonds. The maximum atomic E-state index is 13.0. The van der Waals surface area contributed by atoms with Gasteiger partial charge in [0, 0.05) is 11.5 Å². The number of hydrogen-bond donors (Lipinski definition) is 1. The van der Waals surface area contributed by atoms with Crippen LogP contribution in [0.15, 0.2) is 16.6 Å². The van der Waals surface area contributed by atoms with Gasteiger partial charge in [-0.15, -0.1) is 0 Å². The Morgan fingerprint density at radius 1 is 1.29 bits per heavy atom. The Balaban J connectivity index is 3.32. The van der Waals surface area contributed by atoms with Crippen LogP contribution in [-0.2, 0) is 6.18 Å². The summed E-state index contributed by atoms with van der Waals surface area (Å²) in [5, 5.41) is 2.34. The minimum Gasteiger partial charge on any atom is -0.386 e. The van der Waals surface area contributed by atoms with Gasteiger partial charge in [0.05, 0.1) is 11.3 Å². The van der Waals surface area contributed by atoms with Crippen LogP contribution in [-0.4, -0.2) is 7.05 Å². The van der Waals surface area contributed by atoms with Crippen LogP contribution in [0.5, 0.6) is 0 Å². The maximum Gasteiger partial charge on any atom is 0.417 e. The first-order valence-electron chi connectivity index (χ1n) is 3.60. The predicted octanol–water partition coefficient (Wildman–Crippen LogP) is 3.65. The van der Waals surface area contributed by atoms with Gasteiger partial charge < -0.3 is 5.32 Å². The minimum absolute atomic E-state index is 0.180. The Labute approximate surface area is 86.2 Å². The Bertz CT molecular complexity index is 348. The van der Waals surface area contributed by atoms with Crippen molar-refractivity contribution in [3.8, 4) is 0 Å². The quantitative estimate of drug-likeness (QED) is 0.769. The second-order valence-electron chi connectivity index (χ2n) is 2.56. The van der Waals surface area contributed by atoms with Crippen molar-refractivity contribution in [2.75, 3.05) is 12.4 Å². The molecule has 0 aliphatic heterocycles. The molecule has 78 valence electrons. The van der Waals surface area contributed by atoms with Crippen LogP contribution in [0.1, 0.15) is 5.56 Å². The fourth-order valence-electron chi connectivity index (χ4n) is 0.958. The van der Waals surface area contributed by atoms with Crippen LogP contribution in [0.4, 0.5) is 23.2 Å². The van der Waals surface area contributed by atoms with Crippen LogP contribution < -0.4 is 5.32 Å². The average Bonchev–Trinajstić information content (AvgIpc) is 2.02. The summed E-state index contributed by atoms with van der Waals surface area (Å²) >= 11 is 2.66. The molecule has 0 atom stereocenters. The second-order valence-corrected chi connectivity index (χ2v) is 3.41. The van der Waals surface area contributed by atoms with Gasteiger partial charge in [-0.1, -0.05) is 15.9 Å². The van der Waals surface area contributed by atoms with Crippen molar-refractivity contribution >= 4 is 21.6 Å². The number of benzene rings is 1. The molecule has 0 fully saturated rings. The molecule has 0 aliphatic rings. The zero-order valence-corrected chi connectivity index (χ0v) is 8.63. The summed E-state index contributed by atoms with van der Waals surface area (Å²) in [6, 6.07) is 1.51. The van der Waals surface area contributed by atoms with Crippen LogP contribution in [0, 0.1) is 5.82 Å². The molecular weight excluding hydrogens is 266 g/mol. The molecule has 1 N–H and O–H groups in total. The van der Waals surface area contributed by atoms with E-state index >= 15 is 0 Å². The number of anilines is 1. The number of hydrogen-bond acceptors (Lipinski definition) is 1. The largest absolute Gasteiger partial charge is 0.417 e. The van der Waals surface area contributed by atoms with Crippen molar-refractivity contribution in [2.45, 2.75) is 6.18 Å². The first-order valence-corrected chi connectivity index (χ1v) is 4.39. The molecule has 0 saturated heterocycles. The highest BCUT2D eigenvalue weighted by molar-refractivity contribution is 9.10. The van der Waals surface area contributed by atoms with Crippen LogP contribution in [0.2, 0.25) is 0 Å². The van der Waals surface area contributed by atoms with Gasteiger partial charge in [-0.25, -0.2) is 4.39 Å². The zero-order valence-electron chi connectivity index (χ0n) is 7.04. The van der Waals surface area contributed by atoms with Crippen LogP contribution in [0.25, 0.3) is 0 Å². The van der Waals surface area contributed by atoms with Gasteiger partial charge in [0.15, 0.2) is 0 Å². The lowest BCUT2D eigenvalue weighted by molar-refractivity contribution is -0.138. The van der Waals surface area contributed by atoms with E-state index in [1.165, 1.54) is 7.05 Å². The predicted molar refractivity (Wildman–Crippen MR) is 48.6 cm³/mol. The van der Waals surface area contributed by atoms with E-state index in [-0.39, 0.29) is 10.2 Å². The fourth-order valence-corrected chi connectivity index (χ4v) is 1.50. The van der Waals surface area contributed by atoms with E-state index in [2.05, 4.69) is 21.2 Å². The van der Waals surface area contributed by atoms with Crippen LogP contribution >= 0.6 is 15.9 Å². The van der Waals surface area contributed by atoms with E-state index < -0.39 is 17.6 Å². The maximum absolute atomic E-state index is 13.0. The van der Waals surface area contributed by atoms with E-state index in [1.54, 1.807) is 0 Å². The summed E-state index contributed by atoms with van der Waals surface area (Å²) in [5.74, 6) is -0.729. The molecular formula is C8H6BrF4N. The lowest BCUT2D eigenvalue weighted by Crippen LogP contribution is -2.07. The summed E-state index contributed by atoms with van der Waals surface area (Å²) < 4.78 is 49.6. The molecule has 0 aromatic heterocycles. The third-order valence-corrected chi connectivity index (χ3v) is 2.29. The molecule has 1 aromatic rings.